The largest absolute Gasteiger partial charge is 0.370 e. The number of halogens is 1. The topological polar surface area (TPSA) is 41.0 Å². The fourth-order valence-electron chi connectivity index (χ4n) is 2.12. The van der Waals surface area contributed by atoms with Gasteiger partial charge in [0.05, 0.1) is 0 Å². The molecule has 1 atom stereocenters. The number of hydrogen-bond acceptors (Lipinski definition) is 4. The molecule has 5 heteroatoms. The summed E-state index contributed by atoms with van der Waals surface area (Å²) in [6.07, 6.45) is 4.06. The maximum absolute atomic E-state index is 5.79. The Morgan fingerprint density at radius 2 is 2.44 bits per heavy atom. The maximum atomic E-state index is 5.79. The van der Waals surface area contributed by atoms with Crippen molar-refractivity contribution in [1.29, 1.82) is 0 Å². The number of nitrogens with one attached hydrogen (secondary N) is 1. The van der Waals surface area contributed by atoms with Crippen molar-refractivity contribution < 1.29 is 0 Å². The zero-order chi connectivity index (χ0) is 11.4. The minimum atomic E-state index is 0.485. The smallest absolute Gasteiger partial charge is 0.134 e. The summed E-state index contributed by atoms with van der Waals surface area (Å²) in [5.41, 5.74) is 0. The molecule has 0 bridgehead atoms. The van der Waals surface area contributed by atoms with Crippen LogP contribution in [0.15, 0.2) is 12.4 Å². The molecule has 16 heavy (non-hydrogen) atoms. The first-order chi connectivity index (χ1) is 7.74. The Hall–Kier alpha value is -0.870. The molecule has 4 nitrogen and oxygen atoms in total. The second-order valence-electron chi connectivity index (χ2n) is 4.38. The van der Waals surface area contributed by atoms with E-state index < -0.39 is 0 Å². The second-order valence-corrected chi connectivity index (χ2v) is 4.76. The number of hydrogen-bond donors (Lipinski definition) is 1. The quantitative estimate of drug-likeness (QED) is 0.820. The molecular weight excluding hydrogens is 224 g/mol. The lowest BCUT2D eigenvalue weighted by molar-refractivity contribution is 0.217. The van der Waals surface area contributed by atoms with E-state index >= 15 is 0 Å². The van der Waals surface area contributed by atoms with Crippen LogP contribution in [0.4, 0.5) is 5.82 Å². The lowest BCUT2D eigenvalue weighted by Gasteiger charge is -2.29. The molecular formula is C11H17ClN4. The zero-order valence-electron chi connectivity index (χ0n) is 9.49. The van der Waals surface area contributed by atoms with E-state index in [0.29, 0.717) is 11.1 Å². The van der Waals surface area contributed by atoms with E-state index in [1.807, 2.05) is 0 Å². The van der Waals surface area contributed by atoms with Crippen LogP contribution in [0.2, 0.25) is 5.15 Å². The summed E-state index contributed by atoms with van der Waals surface area (Å²) in [5.74, 6) is 1.51. The van der Waals surface area contributed by atoms with Gasteiger partial charge >= 0.3 is 0 Å². The normalized spacial score (nSPS) is 22.0. The third-order valence-electron chi connectivity index (χ3n) is 2.93. The minimum absolute atomic E-state index is 0.485. The Bertz CT molecular complexity index is 345. The highest BCUT2D eigenvalue weighted by Gasteiger charge is 2.16. The molecule has 2 heterocycles. The van der Waals surface area contributed by atoms with Gasteiger partial charge in [0.2, 0.25) is 0 Å². The molecule has 0 amide bonds. The van der Waals surface area contributed by atoms with Gasteiger partial charge in [0, 0.05) is 19.2 Å². The van der Waals surface area contributed by atoms with Crippen molar-refractivity contribution in [3.05, 3.63) is 17.5 Å². The fourth-order valence-corrected chi connectivity index (χ4v) is 2.27. The first kappa shape index (κ1) is 11.6. The van der Waals surface area contributed by atoms with Crippen LogP contribution in [0, 0.1) is 5.92 Å². The van der Waals surface area contributed by atoms with Gasteiger partial charge in [0.25, 0.3) is 0 Å². The SMILES string of the molecule is CN1CCCC(CNc2cc(Cl)ncn2)C1. The highest BCUT2D eigenvalue weighted by atomic mass is 35.5. The Labute approximate surface area is 101 Å². The van der Waals surface area contributed by atoms with Crippen LogP contribution in [-0.2, 0) is 0 Å². The Kier molecular flexibility index (Phi) is 3.96. The van der Waals surface area contributed by atoms with Crippen LogP contribution in [0.3, 0.4) is 0 Å². The average Bonchev–Trinajstić information content (AvgIpc) is 2.27. The molecule has 1 aliphatic rings. The zero-order valence-corrected chi connectivity index (χ0v) is 10.2. The summed E-state index contributed by atoms with van der Waals surface area (Å²) in [5, 5.41) is 3.80. The third-order valence-corrected chi connectivity index (χ3v) is 3.13. The molecule has 88 valence electrons. The lowest BCUT2D eigenvalue weighted by atomic mass is 9.98. The predicted octanol–water partition coefficient (Wildman–Crippen LogP) is 1.88. The molecule has 1 aromatic rings. The average molecular weight is 241 g/mol. The van der Waals surface area contributed by atoms with Crippen molar-refractivity contribution in [2.75, 3.05) is 32.0 Å². The van der Waals surface area contributed by atoms with E-state index in [2.05, 4.69) is 27.2 Å². The molecule has 1 aliphatic heterocycles. The first-order valence-corrected chi connectivity index (χ1v) is 6.02. The van der Waals surface area contributed by atoms with Crippen LogP contribution in [0.5, 0.6) is 0 Å². The van der Waals surface area contributed by atoms with E-state index in [9.17, 15) is 0 Å². The molecule has 0 radical (unpaired) electrons. The van der Waals surface area contributed by atoms with E-state index in [-0.39, 0.29) is 0 Å². The molecule has 0 aromatic carbocycles. The van der Waals surface area contributed by atoms with Crippen molar-refractivity contribution in [2.24, 2.45) is 5.92 Å². The van der Waals surface area contributed by atoms with Crippen LogP contribution < -0.4 is 5.32 Å². The minimum Gasteiger partial charge on any atom is -0.370 e. The van der Waals surface area contributed by atoms with Crippen molar-refractivity contribution >= 4 is 17.4 Å². The number of anilines is 1. The Morgan fingerprint density at radius 1 is 1.56 bits per heavy atom. The number of aromatic nitrogens is 2. The highest BCUT2D eigenvalue weighted by Crippen LogP contribution is 2.16. The summed E-state index contributed by atoms with van der Waals surface area (Å²) in [4.78, 5) is 10.4. The Morgan fingerprint density at radius 3 is 3.19 bits per heavy atom. The standard InChI is InChI=1S/C11H17ClN4/c1-16-4-2-3-9(7-16)6-13-11-5-10(12)14-8-15-11/h5,8-9H,2-4,6-7H2,1H3,(H,13,14,15). The van der Waals surface area contributed by atoms with Crippen molar-refractivity contribution in [3.63, 3.8) is 0 Å². The summed E-state index contributed by atoms with van der Waals surface area (Å²) in [6.45, 7) is 3.33. The van der Waals surface area contributed by atoms with Gasteiger partial charge in [-0.05, 0) is 32.4 Å². The summed E-state index contributed by atoms with van der Waals surface area (Å²) >= 11 is 5.79. The summed E-state index contributed by atoms with van der Waals surface area (Å²) in [6, 6.07) is 1.76. The number of piperidine rings is 1. The van der Waals surface area contributed by atoms with E-state index in [1.54, 1.807) is 6.07 Å². The number of rotatable bonds is 3. The van der Waals surface area contributed by atoms with Crippen molar-refractivity contribution in [2.45, 2.75) is 12.8 Å². The predicted molar refractivity (Wildman–Crippen MR) is 65.8 cm³/mol. The molecule has 1 unspecified atom stereocenters. The first-order valence-electron chi connectivity index (χ1n) is 5.64. The van der Waals surface area contributed by atoms with Gasteiger partial charge in [-0.1, -0.05) is 11.6 Å². The molecule has 1 aromatic heterocycles. The summed E-state index contributed by atoms with van der Waals surface area (Å²) in [7, 11) is 2.17. The monoisotopic (exact) mass is 240 g/mol. The molecule has 2 rings (SSSR count). The van der Waals surface area contributed by atoms with Gasteiger partial charge in [-0.25, -0.2) is 9.97 Å². The molecule has 0 spiro atoms. The van der Waals surface area contributed by atoms with Crippen LogP contribution in [0.1, 0.15) is 12.8 Å². The molecule has 1 N–H and O–H groups in total. The van der Waals surface area contributed by atoms with Crippen molar-refractivity contribution in [1.82, 2.24) is 14.9 Å². The van der Waals surface area contributed by atoms with E-state index in [1.165, 1.54) is 25.7 Å². The number of likely N-dealkylation sites (tertiary alicyclic amines) is 1. The van der Waals surface area contributed by atoms with Crippen LogP contribution in [0.25, 0.3) is 0 Å². The summed E-state index contributed by atoms with van der Waals surface area (Å²) < 4.78 is 0. The van der Waals surface area contributed by atoms with Crippen molar-refractivity contribution in [3.8, 4) is 0 Å². The molecule has 0 aliphatic carbocycles. The van der Waals surface area contributed by atoms with Gasteiger partial charge in [0.1, 0.15) is 17.3 Å². The van der Waals surface area contributed by atoms with Crippen LogP contribution >= 0.6 is 11.6 Å². The van der Waals surface area contributed by atoms with Gasteiger partial charge in [-0.15, -0.1) is 0 Å². The third kappa shape index (κ3) is 3.32. The second kappa shape index (κ2) is 5.46. The van der Waals surface area contributed by atoms with Gasteiger partial charge < -0.3 is 10.2 Å². The van der Waals surface area contributed by atoms with Gasteiger partial charge in [0.15, 0.2) is 0 Å². The lowest BCUT2D eigenvalue weighted by Crippen LogP contribution is -2.35. The highest BCUT2D eigenvalue weighted by molar-refractivity contribution is 6.29. The molecule has 1 saturated heterocycles. The van der Waals surface area contributed by atoms with E-state index in [0.717, 1.165) is 18.9 Å². The van der Waals surface area contributed by atoms with Crippen LogP contribution in [-0.4, -0.2) is 41.5 Å². The fraction of sp³-hybridized carbons (Fsp3) is 0.636. The Balaban J connectivity index is 1.82. The molecule has 1 fully saturated rings. The van der Waals surface area contributed by atoms with Gasteiger partial charge in [-0.3, -0.25) is 0 Å². The maximum Gasteiger partial charge on any atom is 0.134 e. The van der Waals surface area contributed by atoms with Gasteiger partial charge in [-0.2, -0.15) is 0 Å². The molecule has 0 saturated carbocycles. The number of nitrogens with zero attached hydrogens (tertiary/aromatic N) is 3. The van der Waals surface area contributed by atoms with E-state index in [4.69, 9.17) is 11.6 Å².